The molecule has 0 aliphatic carbocycles. The van der Waals surface area contributed by atoms with Gasteiger partial charge in [-0.25, -0.2) is 9.97 Å². The Bertz CT molecular complexity index is 524. The van der Waals surface area contributed by atoms with Crippen LogP contribution in [0.2, 0.25) is 0 Å². The lowest BCUT2D eigenvalue weighted by molar-refractivity contribution is -0.115. The number of aromatic nitrogens is 3. The number of ether oxygens (including phenoxy) is 1. The first-order chi connectivity index (χ1) is 9.79. The van der Waals surface area contributed by atoms with Gasteiger partial charge in [-0.05, 0) is 12.1 Å². The number of pyridine rings is 1. The third-order valence-corrected chi connectivity index (χ3v) is 2.57. The number of nitrogens with one attached hydrogen (secondary N) is 2. The highest BCUT2D eigenvalue weighted by Crippen LogP contribution is 2.09. The summed E-state index contributed by atoms with van der Waals surface area (Å²) in [4.78, 5) is 19.8. The molecule has 2 aromatic rings. The molecule has 0 spiro atoms. The fourth-order valence-electron chi connectivity index (χ4n) is 1.59. The SMILES string of the molecule is COCCNCC(=O)Nc1ccc(-n2ccnc2)nc1. The van der Waals surface area contributed by atoms with E-state index in [9.17, 15) is 4.79 Å². The molecule has 0 saturated carbocycles. The average molecular weight is 275 g/mol. The molecular formula is C13H17N5O2. The Morgan fingerprint density at radius 1 is 1.45 bits per heavy atom. The summed E-state index contributed by atoms with van der Waals surface area (Å²) >= 11 is 0. The second-order valence-electron chi connectivity index (χ2n) is 4.09. The first-order valence-corrected chi connectivity index (χ1v) is 6.23. The van der Waals surface area contributed by atoms with Gasteiger partial charge in [-0.3, -0.25) is 9.36 Å². The van der Waals surface area contributed by atoms with Crippen LogP contribution >= 0.6 is 0 Å². The molecule has 0 saturated heterocycles. The van der Waals surface area contributed by atoms with Gasteiger partial charge < -0.3 is 15.4 Å². The molecule has 0 bridgehead atoms. The Kier molecular flexibility index (Phi) is 5.22. The minimum Gasteiger partial charge on any atom is -0.383 e. The summed E-state index contributed by atoms with van der Waals surface area (Å²) in [5.74, 6) is 0.636. The number of methoxy groups -OCH3 is 1. The monoisotopic (exact) mass is 275 g/mol. The molecule has 1 amide bonds. The lowest BCUT2D eigenvalue weighted by Gasteiger charge is -2.07. The van der Waals surface area contributed by atoms with E-state index in [-0.39, 0.29) is 12.5 Å². The highest BCUT2D eigenvalue weighted by Gasteiger charge is 2.03. The largest absolute Gasteiger partial charge is 0.383 e. The van der Waals surface area contributed by atoms with Gasteiger partial charge in [0.05, 0.1) is 25.0 Å². The zero-order valence-electron chi connectivity index (χ0n) is 11.2. The Labute approximate surface area is 117 Å². The molecule has 2 N–H and O–H groups in total. The van der Waals surface area contributed by atoms with E-state index in [0.717, 1.165) is 5.82 Å². The van der Waals surface area contributed by atoms with Crippen molar-refractivity contribution < 1.29 is 9.53 Å². The van der Waals surface area contributed by atoms with Crippen molar-refractivity contribution in [3.8, 4) is 5.82 Å². The molecule has 0 aliphatic rings. The maximum Gasteiger partial charge on any atom is 0.238 e. The minimum atomic E-state index is -0.113. The van der Waals surface area contributed by atoms with Crippen molar-refractivity contribution in [2.45, 2.75) is 0 Å². The summed E-state index contributed by atoms with van der Waals surface area (Å²) in [6, 6.07) is 3.62. The topological polar surface area (TPSA) is 81.1 Å². The van der Waals surface area contributed by atoms with Gasteiger partial charge in [0.1, 0.15) is 12.1 Å². The van der Waals surface area contributed by atoms with E-state index in [1.165, 1.54) is 0 Å². The molecule has 2 heterocycles. The summed E-state index contributed by atoms with van der Waals surface area (Å²) in [6.45, 7) is 1.46. The molecule has 106 valence electrons. The highest BCUT2D eigenvalue weighted by atomic mass is 16.5. The number of anilines is 1. The van der Waals surface area contributed by atoms with E-state index in [1.807, 2.05) is 6.07 Å². The normalized spacial score (nSPS) is 10.4. The van der Waals surface area contributed by atoms with Crippen molar-refractivity contribution in [2.75, 3.05) is 32.1 Å². The lowest BCUT2D eigenvalue weighted by atomic mass is 10.4. The van der Waals surface area contributed by atoms with E-state index in [2.05, 4.69) is 20.6 Å². The maximum atomic E-state index is 11.6. The summed E-state index contributed by atoms with van der Waals surface area (Å²) < 4.78 is 6.67. The van der Waals surface area contributed by atoms with Crippen LogP contribution in [0.15, 0.2) is 37.1 Å². The number of imidazole rings is 1. The van der Waals surface area contributed by atoms with E-state index < -0.39 is 0 Å². The van der Waals surface area contributed by atoms with Crippen LogP contribution in [0.3, 0.4) is 0 Å². The minimum absolute atomic E-state index is 0.113. The van der Waals surface area contributed by atoms with Crippen LogP contribution in [0.1, 0.15) is 0 Å². The molecule has 2 rings (SSSR count). The van der Waals surface area contributed by atoms with Crippen LogP contribution in [0.25, 0.3) is 5.82 Å². The quantitative estimate of drug-likeness (QED) is 0.717. The number of hydrogen-bond donors (Lipinski definition) is 2. The van der Waals surface area contributed by atoms with Crippen LogP contribution < -0.4 is 10.6 Å². The second kappa shape index (κ2) is 7.37. The van der Waals surface area contributed by atoms with Gasteiger partial charge in [0, 0.05) is 26.0 Å². The zero-order valence-corrected chi connectivity index (χ0v) is 11.2. The van der Waals surface area contributed by atoms with Crippen LogP contribution in [-0.2, 0) is 9.53 Å². The van der Waals surface area contributed by atoms with Crippen LogP contribution in [-0.4, -0.2) is 47.2 Å². The highest BCUT2D eigenvalue weighted by molar-refractivity contribution is 5.92. The van der Waals surface area contributed by atoms with E-state index in [0.29, 0.717) is 18.8 Å². The first kappa shape index (κ1) is 14.2. The summed E-state index contributed by atoms with van der Waals surface area (Å²) in [7, 11) is 1.62. The molecular weight excluding hydrogens is 258 g/mol. The second-order valence-corrected chi connectivity index (χ2v) is 4.09. The third-order valence-electron chi connectivity index (χ3n) is 2.57. The molecule has 7 heteroatoms. The number of carbonyl (C=O) groups is 1. The van der Waals surface area contributed by atoms with Gasteiger partial charge in [0.25, 0.3) is 0 Å². The molecule has 2 aromatic heterocycles. The lowest BCUT2D eigenvalue weighted by Crippen LogP contribution is -2.30. The molecule has 0 atom stereocenters. The van der Waals surface area contributed by atoms with E-state index in [1.54, 1.807) is 42.7 Å². The van der Waals surface area contributed by atoms with Gasteiger partial charge in [-0.2, -0.15) is 0 Å². The summed E-state index contributed by atoms with van der Waals surface area (Å²) in [5.41, 5.74) is 0.660. The number of carbonyl (C=O) groups excluding carboxylic acids is 1. The smallest absolute Gasteiger partial charge is 0.238 e. The van der Waals surface area contributed by atoms with Crippen molar-refractivity contribution in [1.82, 2.24) is 19.9 Å². The summed E-state index contributed by atoms with van der Waals surface area (Å²) in [6.07, 6.45) is 6.77. The van der Waals surface area contributed by atoms with Crippen molar-refractivity contribution in [3.05, 3.63) is 37.1 Å². The Morgan fingerprint density at radius 3 is 3.00 bits per heavy atom. The van der Waals surface area contributed by atoms with Crippen LogP contribution in [0.4, 0.5) is 5.69 Å². The molecule has 0 aromatic carbocycles. The predicted molar refractivity (Wildman–Crippen MR) is 74.7 cm³/mol. The molecule has 0 fully saturated rings. The molecule has 0 unspecified atom stereocenters. The number of amides is 1. The van der Waals surface area contributed by atoms with Gasteiger partial charge in [0.15, 0.2) is 0 Å². The predicted octanol–water partition coefficient (Wildman–Crippen LogP) is 0.442. The van der Waals surface area contributed by atoms with Gasteiger partial charge >= 0.3 is 0 Å². The average Bonchev–Trinajstić information content (AvgIpc) is 2.99. The molecule has 7 nitrogen and oxygen atoms in total. The number of nitrogens with zero attached hydrogens (tertiary/aromatic N) is 3. The standard InChI is InChI=1S/C13H17N5O2/c1-20-7-5-14-9-13(19)17-11-2-3-12(16-8-11)18-6-4-15-10-18/h2-4,6,8,10,14H,5,7,9H2,1H3,(H,17,19). The zero-order chi connectivity index (χ0) is 14.2. The molecule has 20 heavy (non-hydrogen) atoms. The first-order valence-electron chi connectivity index (χ1n) is 6.23. The molecule has 0 aliphatic heterocycles. The van der Waals surface area contributed by atoms with Crippen molar-refractivity contribution >= 4 is 11.6 Å². The number of hydrogen-bond acceptors (Lipinski definition) is 5. The Hall–Kier alpha value is -2.25. The van der Waals surface area contributed by atoms with Gasteiger partial charge in [0.2, 0.25) is 5.91 Å². The van der Waals surface area contributed by atoms with Crippen molar-refractivity contribution in [1.29, 1.82) is 0 Å². The van der Waals surface area contributed by atoms with E-state index in [4.69, 9.17) is 4.74 Å². The van der Waals surface area contributed by atoms with Crippen LogP contribution in [0, 0.1) is 0 Å². The van der Waals surface area contributed by atoms with Gasteiger partial charge in [-0.15, -0.1) is 0 Å². The van der Waals surface area contributed by atoms with Crippen LogP contribution in [0.5, 0.6) is 0 Å². The third kappa shape index (κ3) is 4.15. The van der Waals surface area contributed by atoms with Gasteiger partial charge in [-0.1, -0.05) is 0 Å². The van der Waals surface area contributed by atoms with Crippen molar-refractivity contribution in [2.24, 2.45) is 0 Å². The van der Waals surface area contributed by atoms with Crippen molar-refractivity contribution in [3.63, 3.8) is 0 Å². The van der Waals surface area contributed by atoms with E-state index >= 15 is 0 Å². The Balaban J connectivity index is 1.83. The summed E-state index contributed by atoms with van der Waals surface area (Å²) in [5, 5.41) is 5.73. The Morgan fingerprint density at radius 2 is 2.35 bits per heavy atom. The fraction of sp³-hybridized carbons (Fsp3) is 0.308. The fourth-order valence-corrected chi connectivity index (χ4v) is 1.59. The number of rotatable bonds is 7. The molecule has 0 radical (unpaired) electrons. The maximum absolute atomic E-state index is 11.6.